The molecule has 0 unspecified atom stereocenters. The fourth-order valence-electron chi connectivity index (χ4n) is 2.53. The molecule has 1 fully saturated rings. The van der Waals surface area contributed by atoms with Crippen LogP contribution in [0, 0.1) is 5.41 Å². The fraction of sp³-hybridized carbons (Fsp3) is 0.667. The van der Waals surface area contributed by atoms with E-state index in [-0.39, 0.29) is 0 Å². The molecule has 2 rings (SSSR count). The Morgan fingerprint density at radius 1 is 1.38 bits per heavy atom. The number of nitrogens with zero attached hydrogens (tertiary/aromatic N) is 2. The summed E-state index contributed by atoms with van der Waals surface area (Å²) in [5.74, 6) is 1.36. The van der Waals surface area contributed by atoms with Gasteiger partial charge in [0.25, 0.3) is 0 Å². The molecular formula is C12H20N4. The molecular weight excluding hydrogens is 200 g/mol. The van der Waals surface area contributed by atoms with Crippen molar-refractivity contribution in [3.05, 3.63) is 12.4 Å². The molecule has 1 aromatic heterocycles. The lowest BCUT2D eigenvalue weighted by Gasteiger charge is -2.27. The molecule has 0 bridgehead atoms. The number of nitrogens with one attached hydrogen (secondary N) is 1. The first-order chi connectivity index (χ1) is 7.74. The predicted octanol–water partition coefficient (Wildman–Crippen LogP) is 2.44. The molecule has 1 aromatic rings. The molecule has 1 heterocycles. The van der Waals surface area contributed by atoms with E-state index in [0.717, 1.165) is 12.4 Å². The minimum Gasteiger partial charge on any atom is -0.384 e. The lowest BCUT2D eigenvalue weighted by Crippen LogP contribution is -2.26. The van der Waals surface area contributed by atoms with Gasteiger partial charge in [-0.25, -0.2) is 9.97 Å². The summed E-state index contributed by atoms with van der Waals surface area (Å²) in [7, 11) is 0. The maximum absolute atomic E-state index is 5.62. The number of aromatic nitrogens is 2. The van der Waals surface area contributed by atoms with E-state index in [2.05, 4.69) is 22.2 Å². The van der Waals surface area contributed by atoms with E-state index in [1.807, 2.05) is 0 Å². The quantitative estimate of drug-likeness (QED) is 0.818. The normalized spacial score (nSPS) is 18.6. The highest BCUT2D eigenvalue weighted by Gasteiger charge is 2.31. The van der Waals surface area contributed by atoms with Crippen molar-refractivity contribution in [2.75, 3.05) is 17.6 Å². The molecule has 16 heavy (non-hydrogen) atoms. The maximum Gasteiger partial charge on any atom is 0.131 e. The summed E-state index contributed by atoms with van der Waals surface area (Å²) in [6, 6.07) is 1.79. The van der Waals surface area contributed by atoms with Gasteiger partial charge in [-0.3, -0.25) is 0 Å². The van der Waals surface area contributed by atoms with Crippen molar-refractivity contribution < 1.29 is 0 Å². The molecule has 1 aliphatic rings. The SMILES string of the molecule is CCC1(CNc2cc(N)ncn2)CCCC1. The van der Waals surface area contributed by atoms with Gasteiger partial charge in [0.1, 0.15) is 18.0 Å². The van der Waals surface area contributed by atoms with Crippen LogP contribution in [0.4, 0.5) is 11.6 Å². The number of hydrogen-bond acceptors (Lipinski definition) is 4. The number of rotatable bonds is 4. The maximum atomic E-state index is 5.62. The molecule has 4 heteroatoms. The third-order valence-electron chi connectivity index (χ3n) is 3.75. The number of nitrogen functional groups attached to an aromatic ring is 1. The Bertz CT molecular complexity index is 345. The minimum atomic E-state index is 0.472. The summed E-state index contributed by atoms with van der Waals surface area (Å²) in [5.41, 5.74) is 6.09. The van der Waals surface area contributed by atoms with E-state index in [1.165, 1.54) is 38.4 Å². The monoisotopic (exact) mass is 220 g/mol. The van der Waals surface area contributed by atoms with Crippen LogP contribution in [0.2, 0.25) is 0 Å². The zero-order valence-corrected chi connectivity index (χ0v) is 9.87. The van der Waals surface area contributed by atoms with Gasteiger partial charge in [-0.2, -0.15) is 0 Å². The molecule has 3 N–H and O–H groups in total. The second-order valence-electron chi connectivity index (χ2n) is 4.74. The van der Waals surface area contributed by atoms with Crippen LogP contribution in [0.15, 0.2) is 12.4 Å². The van der Waals surface area contributed by atoms with E-state index in [1.54, 1.807) is 6.07 Å². The molecule has 0 amide bonds. The van der Waals surface area contributed by atoms with Gasteiger partial charge in [-0.15, -0.1) is 0 Å². The second kappa shape index (κ2) is 4.68. The Labute approximate surface area is 96.7 Å². The topological polar surface area (TPSA) is 63.8 Å². The average molecular weight is 220 g/mol. The lowest BCUT2D eigenvalue weighted by molar-refractivity contribution is 0.306. The largest absolute Gasteiger partial charge is 0.384 e. The number of hydrogen-bond donors (Lipinski definition) is 2. The van der Waals surface area contributed by atoms with Crippen LogP contribution >= 0.6 is 0 Å². The first-order valence-electron chi connectivity index (χ1n) is 6.05. The summed E-state index contributed by atoms with van der Waals surface area (Å²) < 4.78 is 0. The Hall–Kier alpha value is -1.32. The highest BCUT2D eigenvalue weighted by Crippen LogP contribution is 2.40. The molecule has 0 aliphatic heterocycles. The van der Waals surface area contributed by atoms with Crippen molar-refractivity contribution in [3.8, 4) is 0 Å². The highest BCUT2D eigenvalue weighted by molar-refractivity contribution is 5.43. The van der Waals surface area contributed by atoms with Gasteiger partial charge < -0.3 is 11.1 Å². The van der Waals surface area contributed by atoms with E-state index in [4.69, 9.17) is 5.73 Å². The van der Waals surface area contributed by atoms with E-state index in [9.17, 15) is 0 Å². The summed E-state index contributed by atoms with van der Waals surface area (Å²) in [4.78, 5) is 8.05. The molecule has 4 nitrogen and oxygen atoms in total. The summed E-state index contributed by atoms with van der Waals surface area (Å²) >= 11 is 0. The van der Waals surface area contributed by atoms with Gasteiger partial charge in [0.15, 0.2) is 0 Å². The molecule has 0 saturated heterocycles. The molecule has 0 spiro atoms. The first-order valence-corrected chi connectivity index (χ1v) is 6.05. The molecule has 0 atom stereocenters. The average Bonchev–Trinajstić information content (AvgIpc) is 2.76. The van der Waals surface area contributed by atoms with Crippen LogP contribution < -0.4 is 11.1 Å². The zero-order chi connectivity index (χ0) is 11.4. The van der Waals surface area contributed by atoms with Crippen LogP contribution in [0.25, 0.3) is 0 Å². The van der Waals surface area contributed by atoms with E-state index < -0.39 is 0 Å². The van der Waals surface area contributed by atoms with Gasteiger partial charge in [0, 0.05) is 12.6 Å². The molecule has 1 saturated carbocycles. The Morgan fingerprint density at radius 3 is 2.75 bits per heavy atom. The Morgan fingerprint density at radius 2 is 2.12 bits per heavy atom. The van der Waals surface area contributed by atoms with Crippen LogP contribution in [-0.4, -0.2) is 16.5 Å². The van der Waals surface area contributed by atoms with Crippen molar-refractivity contribution in [2.45, 2.75) is 39.0 Å². The van der Waals surface area contributed by atoms with Gasteiger partial charge in [0.2, 0.25) is 0 Å². The van der Waals surface area contributed by atoms with Crippen molar-refractivity contribution in [2.24, 2.45) is 5.41 Å². The van der Waals surface area contributed by atoms with Crippen molar-refractivity contribution in [1.82, 2.24) is 9.97 Å². The first kappa shape index (κ1) is 11.2. The zero-order valence-electron chi connectivity index (χ0n) is 9.87. The van der Waals surface area contributed by atoms with Crippen molar-refractivity contribution in [3.63, 3.8) is 0 Å². The highest BCUT2D eigenvalue weighted by atomic mass is 15.0. The van der Waals surface area contributed by atoms with Crippen LogP contribution in [0.5, 0.6) is 0 Å². The Kier molecular flexibility index (Phi) is 3.27. The lowest BCUT2D eigenvalue weighted by atomic mass is 9.83. The van der Waals surface area contributed by atoms with Crippen molar-refractivity contribution in [1.29, 1.82) is 0 Å². The van der Waals surface area contributed by atoms with Gasteiger partial charge in [-0.05, 0) is 24.7 Å². The van der Waals surface area contributed by atoms with Crippen LogP contribution in [0.3, 0.4) is 0 Å². The van der Waals surface area contributed by atoms with Crippen LogP contribution in [-0.2, 0) is 0 Å². The smallest absolute Gasteiger partial charge is 0.131 e. The number of anilines is 2. The van der Waals surface area contributed by atoms with E-state index >= 15 is 0 Å². The summed E-state index contributed by atoms with van der Waals surface area (Å²) in [6.45, 7) is 3.28. The second-order valence-corrected chi connectivity index (χ2v) is 4.74. The van der Waals surface area contributed by atoms with Gasteiger partial charge in [-0.1, -0.05) is 19.8 Å². The molecule has 1 aliphatic carbocycles. The third kappa shape index (κ3) is 2.43. The summed E-state index contributed by atoms with van der Waals surface area (Å²) in [6.07, 6.45) is 8.13. The van der Waals surface area contributed by atoms with E-state index in [0.29, 0.717) is 11.2 Å². The minimum absolute atomic E-state index is 0.472. The fourth-order valence-corrected chi connectivity index (χ4v) is 2.53. The van der Waals surface area contributed by atoms with Crippen molar-refractivity contribution >= 4 is 11.6 Å². The van der Waals surface area contributed by atoms with Crippen LogP contribution in [0.1, 0.15) is 39.0 Å². The van der Waals surface area contributed by atoms with Gasteiger partial charge >= 0.3 is 0 Å². The Balaban J connectivity index is 1.95. The molecule has 0 radical (unpaired) electrons. The summed E-state index contributed by atoms with van der Waals surface area (Å²) in [5, 5.41) is 3.39. The predicted molar refractivity (Wildman–Crippen MR) is 66.1 cm³/mol. The van der Waals surface area contributed by atoms with Gasteiger partial charge in [0.05, 0.1) is 0 Å². The number of nitrogens with two attached hydrogens (primary N) is 1. The third-order valence-corrected chi connectivity index (χ3v) is 3.75. The molecule has 0 aromatic carbocycles. The standard InChI is InChI=1S/C12H20N4/c1-2-12(5-3-4-6-12)8-14-11-7-10(13)15-9-16-11/h7,9H,2-6,8H2,1H3,(H3,13,14,15,16). The molecule has 88 valence electrons.